The number of rotatable bonds is 5. The van der Waals surface area contributed by atoms with Crippen LogP contribution in [0, 0.1) is 10.1 Å². The number of benzene rings is 2. The average molecular weight is 490 g/mol. The summed E-state index contributed by atoms with van der Waals surface area (Å²) in [7, 11) is 0. The van der Waals surface area contributed by atoms with Gasteiger partial charge in [0.05, 0.1) is 9.82 Å². The van der Waals surface area contributed by atoms with Gasteiger partial charge in [-0.25, -0.2) is 0 Å². The second-order valence-electron chi connectivity index (χ2n) is 6.75. The van der Waals surface area contributed by atoms with Crippen LogP contribution in [-0.4, -0.2) is 52.7 Å². The Morgan fingerprint density at radius 2 is 1.70 bits per heavy atom. The topological polar surface area (TPSA) is 83.8 Å². The number of nitro groups is 1. The van der Waals surface area contributed by atoms with Gasteiger partial charge < -0.3 is 9.80 Å². The molecule has 0 bridgehead atoms. The third-order valence-electron chi connectivity index (χ3n) is 4.83. The molecule has 3 rings (SSSR count). The largest absolute Gasteiger partial charge is 0.339 e. The van der Waals surface area contributed by atoms with Gasteiger partial charge in [0.1, 0.15) is 0 Å². The van der Waals surface area contributed by atoms with E-state index in [9.17, 15) is 19.7 Å². The summed E-state index contributed by atoms with van der Waals surface area (Å²) in [5.41, 5.74) is 0.535. The highest BCUT2D eigenvalue weighted by atomic mass is 79.9. The van der Waals surface area contributed by atoms with Crippen molar-refractivity contribution < 1.29 is 14.5 Å². The van der Waals surface area contributed by atoms with Crippen molar-refractivity contribution in [3.8, 4) is 0 Å². The van der Waals surface area contributed by atoms with Crippen LogP contribution >= 0.6 is 27.7 Å². The summed E-state index contributed by atoms with van der Waals surface area (Å²) in [5.74, 6) is -0.298. The van der Waals surface area contributed by atoms with Crippen LogP contribution in [0.15, 0.2) is 63.3 Å². The zero-order valence-electron chi connectivity index (χ0n) is 16.3. The zero-order chi connectivity index (χ0) is 21.8. The van der Waals surface area contributed by atoms with Crippen LogP contribution in [0.4, 0.5) is 5.69 Å². The van der Waals surface area contributed by atoms with Crippen LogP contribution in [-0.2, 0) is 9.59 Å². The number of hydrogen-bond donors (Lipinski definition) is 0. The smallest absolute Gasteiger partial charge is 0.283 e. The van der Waals surface area contributed by atoms with E-state index in [-0.39, 0.29) is 23.1 Å². The van der Waals surface area contributed by atoms with E-state index >= 15 is 0 Å². The average Bonchev–Trinajstić information content (AvgIpc) is 2.74. The summed E-state index contributed by atoms with van der Waals surface area (Å²) in [6, 6.07) is 12.2. The van der Waals surface area contributed by atoms with Gasteiger partial charge in [0, 0.05) is 54.1 Å². The van der Waals surface area contributed by atoms with Crippen LogP contribution in [0.25, 0.3) is 5.57 Å². The zero-order valence-corrected chi connectivity index (χ0v) is 18.7. The Hall–Kier alpha value is -2.65. The summed E-state index contributed by atoms with van der Waals surface area (Å²) in [6.07, 6.45) is 0. The third-order valence-corrected chi connectivity index (χ3v) is 6.93. The monoisotopic (exact) mass is 489 g/mol. The van der Waals surface area contributed by atoms with Crippen molar-refractivity contribution in [2.24, 2.45) is 0 Å². The van der Waals surface area contributed by atoms with Gasteiger partial charge in [-0.1, -0.05) is 36.5 Å². The van der Waals surface area contributed by atoms with Crippen LogP contribution in [0.2, 0.25) is 0 Å². The number of carbonyl (C=O) groups is 2. The molecule has 0 atom stereocenters. The molecule has 1 heterocycles. The molecule has 0 saturated carbocycles. The van der Waals surface area contributed by atoms with E-state index in [1.165, 1.54) is 24.8 Å². The molecule has 9 heteroatoms. The Bertz CT molecular complexity index is 1020. The van der Waals surface area contributed by atoms with Crippen molar-refractivity contribution in [2.75, 3.05) is 26.2 Å². The molecule has 0 N–H and O–H groups in total. The molecule has 0 aliphatic carbocycles. The van der Waals surface area contributed by atoms with E-state index in [0.717, 1.165) is 9.37 Å². The SMILES string of the molecule is C=C(C(=O)N1CCN(C(C)=O)CC1)c1ccc(Sc2ccccc2Br)c([N+](=O)[O-])c1. The predicted octanol–water partition coefficient (Wildman–Crippen LogP) is 4.21. The molecule has 0 radical (unpaired) electrons. The highest BCUT2D eigenvalue weighted by molar-refractivity contribution is 9.10. The van der Waals surface area contributed by atoms with Gasteiger partial charge in [-0.2, -0.15) is 0 Å². The number of carbonyl (C=O) groups excluding carboxylic acids is 2. The number of nitrogens with zero attached hydrogens (tertiary/aromatic N) is 3. The van der Waals surface area contributed by atoms with Crippen molar-refractivity contribution in [2.45, 2.75) is 16.7 Å². The van der Waals surface area contributed by atoms with Gasteiger partial charge in [-0.3, -0.25) is 19.7 Å². The summed E-state index contributed by atoms with van der Waals surface area (Å²) in [4.78, 5) is 40.1. The first kappa shape index (κ1) is 22.0. The molecule has 2 aromatic carbocycles. The lowest BCUT2D eigenvalue weighted by Gasteiger charge is -2.34. The minimum Gasteiger partial charge on any atom is -0.339 e. The molecule has 0 unspecified atom stereocenters. The van der Waals surface area contributed by atoms with Crippen LogP contribution in [0.3, 0.4) is 0 Å². The normalized spacial score (nSPS) is 13.8. The molecule has 1 aliphatic heterocycles. The van der Waals surface area contributed by atoms with E-state index in [2.05, 4.69) is 22.5 Å². The second kappa shape index (κ2) is 9.44. The summed E-state index contributed by atoms with van der Waals surface area (Å²) in [5, 5.41) is 11.7. The highest BCUT2D eigenvalue weighted by Crippen LogP contribution is 2.39. The van der Waals surface area contributed by atoms with Gasteiger partial charge in [0.25, 0.3) is 11.6 Å². The van der Waals surface area contributed by atoms with E-state index in [4.69, 9.17) is 0 Å². The molecular formula is C21H20BrN3O4S. The van der Waals surface area contributed by atoms with Gasteiger partial charge in [-0.05, 0) is 39.7 Å². The Labute approximate surface area is 187 Å². The van der Waals surface area contributed by atoms with Crippen LogP contribution < -0.4 is 0 Å². The molecule has 0 spiro atoms. The molecule has 2 amide bonds. The summed E-state index contributed by atoms with van der Waals surface area (Å²) in [6.45, 7) is 7.14. The Kier molecular flexibility index (Phi) is 6.94. The van der Waals surface area contributed by atoms with E-state index in [1.54, 1.807) is 21.9 Å². The number of hydrogen-bond acceptors (Lipinski definition) is 5. The molecule has 156 valence electrons. The maximum absolute atomic E-state index is 12.8. The fraction of sp³-hybridized carbons (Fsp3) is 0.238. The van der Waals surface area contributed by atoms with Crippen molar-refractivity contribution >= 4 is 50.8 Å². The van der Waals surface area contributed by atoms with E-state index in [1.807, 2.05) is 24.3 Å². The molecule has 7 nitrogen and oxygen atoms in total. The molecular weight excluding hydrogens is 470 g/mol. The van der Waals surface area contributed by atoms with Crippen molar-refractivity contribution in [1.82, 2.24) is 9.80 Å². The standard InChI is InChI=1S/C21H20BrN3O4S/c1-14(21(27)24-11-9-23(10-12-24)15(2)26)16-7-8-20(18(13-16)25(28)29)30-19-6-4-3-5-17(19)22/h3-8,13H,1,9-12H2,2H3. The molecule has 1 aliphatic rings. The lowest BCUT2D eigenvalue weighted by Crippen LogP contribution is -2.50. The van der Waals surface area contributed by atoms with E-state index < -0.39 is 4.92 Å². The lowest BCUT2D eigenvalue weighted by atomic mass is 10.1. The Morgan fingerprint density at radius 3 is 2.30 bits per heavy atom. The fourth-order valence-corrected chi connectivity index (χ4v) is 4.57. The first-order valence-corrected chi connectivity index (χ1v) is 10.8. The summed E-state index contributed by atoms with van der Waals surface area (Å²) >= 11 is 4.73. The number of piperazine rings is 1. The fourth-order valence-electron chi connectivity index (χ4n) is 3.12. The van der Waals surface area contributed by atoms with Crippen LogP contribution in [0.5, 0.6) is 0 Å². The quantitative estimate of drug-likeness (QED) is 0.356. The number of amides is 2. The minimum atomic E-state index is -0.452. The molecule has 30 heavy (non-hydrogen) atoms. The Balaban J connectivity index is 1.79. The van der Waals surface area contributed by atoms with Crippen LogP contribution in [0.1, 0.15) is 12.5 Å². The maximum Gasteiger partial charge on any atom is 0.283 e. The maximum atomic E-state index is 12.8. The van der Waals surface area contributed by atoms with E-state index in [0.29, 0.717) is 36.6 Å². The first-order chi connectivity index (χ1) is 14.3. The van der Waals surface area contributed by atoms with Gasteiger partial charge in [0.15, 0.2) is 0 Å². The molecule has 2 aromatic rings. The number of nitro benzene ring substituents is 1. The molecule has 0 aromatic heterocycles. The van der Waals surface area contributed by atoms with Gasteiger partial charge in [0.2, 0.25) is 5.91 Å². The summed E-state index contributed by atoms with van der Waals surface area (Å²) < 4.78 is 0.845. The second-order valence-corrected chi connectivity index (χ2v) is 8.69. The number of halogens is 1. The van der Waals surface area contributed by atoms with Crippen molar-refractivity contribution in [3.05, 3.63) is 69.2 Å². The van der Waals surface area contributed by atoms with Gasteiger partial charge >= 0.3 is 0 Å². The van der Waals surface area contributed by atoms with Gasteiger partial charge in [-0.15, -0.1) is 0 Å². The first-order valence-electron chi connectivity index (χ1n) is 9.23. The third kappa shape index (κ3) is 4.91. The molecule has 1 saturated heterocycles. The highest BCUT2D eigenvalue weighted by Gasteiger charge is 2.26. The predicted molar refractivity (Wildman–Crippen MR) is 119 cm³/mol. The van der Waals surface area contributed by atoms with Crippen molar-refractivity contribution in [3.63, 3.8) is 0 Å². The molecule has 1 fully saturated rings. The lowest BCUT2D eigenvalue weighted by molar-refractivity contribution is -0.387. The van der Waals surface area contributed by atoms with Crippen molar-refractivity contribution in [1.29, 1.82) is 0 Å². The Morgan fingerprint density at radius 1 is 1.07 bits per heavy atom. The minimum absolute atomic E-state index is 0.0188.